The fourth-order valence-electron chi connectivity index (χ4n) is 2.99. The van der Waals surface area contributed by atoms with Gasteiger partial charge in [-0.2, -0.15) is 0 Å². The standard InChI is InChI=1S/C19H19N5OS2/c1-5-24-16(13-8-6-7-9-14(13)25-4)22-23-19(24)27-18-15-11(2)12(3)26-17(15)20-10-21-18/h6-10H,5H2,1-4H3. The predicted octanol–water partition coefficient (Wildman–Crippen LogP) is 4.75. The van der Waals surface area contributed by atoms with Crippen LogP contribution in [0.25, 0.3) is 21.6 Å². The van der Waals surface area contributed by atoms with Crippen molar-refractivity contribution in [2.45, 2.75) is 37.5 Å². The van der Waals surface area contributed by atoms with Crippen molar-refractivity contribution in [1.82, 2.24) is 24.7 Å². The zero-order valence-corrected chi connectivity index (χ0v) is 17.2. The SMILES string of the molecule is CCn1c(Sc2ncnc3sc(C)c(C)c23)nnc1-c1ccccc1OC. The summed E-state index contributed by atoms with van der Waals surface area (Å²) in [6.45, 7) is 7.07. The van der Waals surface area contributed by atoms with Crippen LogP contribution in [-0.4, -0.2) is 31.8 Å². The van der Waals surface area contributed by atoms with E-state index >= 15 is 0 Å². The van der Waals surface area contributed by atoms with E-state index in [0.717, 1.165) is 44.1 Å². The van der Waals surface area contributed by atoms with Gasteiger partial charge in [0, 0.05) is 16.8 Å². The molecule has 0 N–H and O–H groups in total. The maximum absolute atomic E-state index is 5.50. The molecule has 4 rings (SSSR count). The number of rotatable bonds is 5. The molecule has 6 nitrogen and oxygen atoms in total. The Labute approximate surface area is 165 Å². The Hall–Kier alpha value is -2.45. The lowest BCUT2D eigenvalue weighted by Crippen LogP contribution is -2.01. The van der Waals surface area contributed by atoms with Crippen LogP contribution in [0.1, 0.15) is 17.4 Å². The first kappa shape index (κ1) is 17.9. The minimum Gasteiger partial charge on any atom is -0.496 e. The van der Waals surface area contributed by atoms with Gasteiger partial charge in [-0.3, -0.25) is 0 Å². The molecule has 4 aromatic rings. The van der Waals surface area contributed by atoms with E-state index in [9.17, 15) is 0 Å². The second-order valence-electron chi connectivity index (χ2n) is 6.00. The Morgan fingerprint density at radius 3 is 2.74 bits per heavy atom. The zero-order chi connectivity index (χ0) is 19.0. The number of hydrogen-bond donors (Lipinski definition) is 0. The highest BCUT2D eigenvalue weighted by Crippen LogP contribution is 2.38. The molecule has 0 fully saturated rings. The van der Waals surface area contributed by atoms with Gasteiger partial charge in [0.1, 0.15) is 21.9 Å². The summed E-state index contributed by atoms with van der Waals surface area (Å²) in [7, 11) is 1.67. The average Bonchev–Trinajstić information content (AvgIpc) is 3.22. The topological polar surface area (TPSA) is 65.7 Å². The third-order valence-corrected chi connectivity index (χ3v) is 6.60. The molecule has 1 aromatic carbocycles. The van der Waals surface area contributed by atoms with Crippen LogP contribution in [0, 0.1) is 13.8 Å². The number of thiophene rings is 1. The van der Waals surface area contributed by atoms with E-state index in [1.807, 2.05) is 24.3 Å². The normalized spacial score (nSPS) is 11.3. The minimum absolute atomic E-state index is 0.749. The van der Waals surface area contributed by atoms with Crippen molar-refractivity contribution < 1.29 is 4.74 Å². The van der Waals surface area contributed by atoms with E-state index in [1.54, 1.807) is 24.8 Å². The molecule has 0 saturated heterocycles. The monoisotopic (exact) mass is 397 g/mol. The molecule has 3 heterocycles. The zero-order valence-electron chi connectivity index (χ0n) is 15.6. The maximum atomic E-state index is 5.50. The van der Waals surface area contributed by atoms with Crippen molar-refractivity contribution in [3.8, 4) is 17.1 Å². The summed E-state index contributed by atoms with van der Waals surface area (Å²) < 4.78 is 7.58. The molecule has 0 aliphatic heterocycles. The highest BCUT2D eigenvalue weighted by atomic mass is 32.2. The Morgan fingerprint density at radius 2 is 1.96 bits per heavy atom. The average molecular weight is 398 g/mol. The number of methoxy groups -OCH3 is 1. The van der Waals surface area contributed by atoms with E-state index in [2.05, 4.69) is 45.5 Å². The molecule has 138 valence electrons. The fraction of sp³-hybridized carbons (Fsp3) is 0.263. The van der Waals surface area contributed by atoms with Crippen LogP contribution in [0.3, 0.4) is 0 Å². The summed E-state index contributed by atoms with van der Waals surface area (Å²) in [5, 5.41) is 11.7. The summed E-state index contributed by atoms with van der Waals surface area (Å²) in [6.07, 6.45) is 1.62. The van der Waals surface area contributed by atoms with Gasteiger partial charge in [0.2, 0.25) is 0 Å². The van der Waals surface area contributed by atoms with Crippen LogP contribution in [0.15, 0.2) is 40.8 Å². The van der Waals surface area contributed by atoms with Crippen molar-refractivity contribution in [2.75, 3.05) is 7.11 Å². The smallest absolute Gasteiger partial charge is 0.197 e. The molecule has 3 aromatic heterocycles. The van der Waals surface area contributed by atoms with E-state index < -0.39 is 0 Å². The van der Waals surface area contributed by atoms with Crippen LogP contribution in [0.5, 0.6) is 5.75 Å². The Morgan fingerprint density at radius 1 is 1.15 bits per heavy atom. The Kier molecular flexibility index (Phi) is 4.84. The lowest BCUT2D eigenvalue weighted by atomic mass is 10.2. The highest BCUT2D eigenvalue weighted by molar-refractivity contribution is 7.99. The summed E-state index contributed by atoms with van der Waals surface area (Å²) >= 11 is 3.23. The Bertz CT molecular complexity index is 1120. The second-order valence-corrected chi connectivity index (χ2v) is 8.15. The van der Waals surface area contributed by atoms with Crippen molar-refractivity contribution in [2.24, 2.45) is 0 Å². The Balaban J connectivity index is 1.80. The molecule has 0 amide bonds. The van der Waals surface area contributed by atoms with Crippen LogP contribution in [-0.2, 0) is 6.54 Å². The number of para-hydroxylation sites is 1. The van der Waals surface area contributed by atoms with Gasteiger partial charge in [0.25, 0.3) is 0 Å². The predicted molar refractivity (Wildman–Crippen MR) is 109 cm³/mol. The quantitative estimate of drug-likeness (QED) is 0.453. The van der Waals surface area contributed by atoms with Gasteiger partial charge < -0.3 is 9.30 Å². The molecule has 8 heteroatoms. The van der Waals surface area contributed by atoms with Crippen LogP contribution < -0.4 is 4.74 Å². The maximum Gasteiger partial charge on any atom is 0.197 e. The van der Waals surface area contributed by atoms with Crippen molar-refractivity contribution in [3.05, 3.63) is 41.0 Å². The number of hydrogen-bond acceptors (Lipinski definition) is 7. The van der Waals surface area contributed by atoms with Crippen LogP contribution in [0.2, 0.25) is 0 Å². The number of aromatic nitrogens is 5. The van der Waals surface area contributed by atoms with Crippen molar-refractivity contribution in [1.29, 1.82) is 0 Å². The van der Waals surface area contributed by atoms with Crippen LogP contribution in [0.4, 0.5) is 0 Å². The number of aryl methyl sites for hydroxylation is 2. The van der Waals surface area contributed by atoms with Crippen molar-refractivity contribution >= 4 is 33.3 Å². The summed E-state index contributed by atoms with van der Waals surface area (Å²) in [6, 6.07) is 7.86. The molecular formula is C19H19N5OS2. The first-order chi connectivity index (χ1) is 13.1. The fourth-order valence-corrected chi connectivity index (χ4v) is 5.09. The van der Waals surface area contributed by atoms with E-state index in [0.29, 0.717) is 0 Å². The van der Waals surface area contributed by atoms with Crippen LogP contribution >= 0.6 is 23.1 Å². The van der Waals surface area contributed by atoms with Gasteiger partial charge >= 0.3 is 0 Å². The van der Waals surface area contributed by atoms with E-state index in [-0.39, 0.29) is 0 Å². The van der Waals surface area contributed by atoms with Gasteiger partial charge in [-0.05, 0) is 50.2 Å². The van der Waals surface area contributed by atoms with Crippen molar-refractivity contribution in [3.63, 3.8) is 0 Å². The molecule has 0 atom stereocenters. The number of fused-ring (bicyclic) bond motifs is 1. The third-order valence-electron chi connectivity index (χ3n) is 4.50. The molecule has 0 spiro atoms. The molecule has 0 unspecified atom stereocenters. The van der Waals surface area contributed by atoms with E-state index in [1.165, 1.54) is 22.2 Å². The summed E-state index contributed by atoms with van der Waals surface area (Å²) in [4.78, 5) is 11.2. The molecule has 0 aliphatic carbocycles. The largest absolute Gasteiger partial charge is 0.496 e. The molecular weight excluding hydrogens is 378 g/mol. The van der Waals surface area contributed by atoms with Gasteiger partial charge in [0.05, 0.1) is 12.7 Å². The molecule has 0 radical (unpaired) electrons. The molecule has 27 heavy (non-hydrogen) atoms. The number of benzene rings is 1. The summed E-state index contributed by atoms with van der Waals surface area (Å²) in [5.74, 6) is 1.57. The lowest BCUT2D eigenvalue weighted by molar-refractivity contribution is 0.416. The van der Waals surface area contributed by atoms with E-state index in [4.69, 9.17) is 4.74 Å². The number of ether oxygens (including phenoxy) is 1. The minimum atomic E-state index is 0.749. The second kappa shape index (κ2) is 7.28. The van der Waals surface area contributed by atoms with Gasteiger partial charge in [-0.25, -0.2) is 9.97 Å². The molecule has 0 saturated carbocycles. The first-order valence-corrected chi connectivity index (χ1v) is 10.2. The highest BCUT2D eigenvalue weighted by Gasteiger charge is 2.19. The lowest BCUT2D eigenvalue weighted by Gasteiger charge is -2.10. The number of nitrogens with zero attached hydrogens (tertiary/aromatic N) is 5. The van der Waals surface area contributed by atoms with Gasteiger partial charge in [-0.15, -0.1) is 21.5 Å². The summed E-state index contributed by atoms with van der Waals surface area (Å²) in [5.41, 5.74) is 2.15. The molecule has 0 bridgehead atoms. The van der Waals surface area contributed by atoms with Gasteiger partial charge in [0.15, 0.2) is 11.0 Å². The third kappa shape index (κ3) is 3.08. The van der Waals surface area contributed by atoms with Gasteiger partial charge in [-0.1, -0.05) is 12.1 Å². The molecule has 0 aliphatic rings. The first-order valence-electron chi connectivity index (χ1n) is 8.59.